The minimum absolute atomic E-state index is 0. The molecule has 0 spiro atoms. The maximum atomic E-state index is 11.1. The molecule has 2 aliphatic carbocycles. The summed E-state index contributed by atoms with van der Waals surface area (Å²) in [4.78, 5) is 9.06. The summed E-state index contributed by atoms with van der Waals surface area (Å²) in [6.45, 7) is 17.7. The fourth-order valence-electron chi connectivity index (χ4n) is 8.36. The molecule has 1 saturated heterocycles. The van der Waals surface area contributed by atoms with Crippen LogP contribution >= 0.6 is 0 Å². The molecule has 331 valence electrons. The van der Waals surface area contributed by atoms with Crippen molar-refractivity contribution in [3.8, 4) is 5.75 Å². The van der Waals surface area contributed by atoms with E-state index in [1.54, 1.807) is 7.11 Å². The van der Waals surface area contributed by atoms with E-state index >= 15 is 0 Å². The molecule has 5 aromatic carbocycles. The van der Waals surface area contributed by atoms with E-state index in [0.29, 0.717) is 23.9 Å². The Balaban J connectivity index is 0.000000210. The van der Waals surface area contributed by atoms with Crippen LogP contribution in [0.2, 0.25) is 0 Å². The maximum Gasteiger partial charge on any atom is 3.00 e. The fraction of sp³-hybridized carbons (Fsp3) is 0.393. The number of nitrogens with zero attached hydrogens (tertiary/aromatic N) is 5. The van der Waals surface area contributed by atoms with Crippen molar-refractivity contribution < 1.29 is 30.9 Å². The zero-order valence-electron chi connectivity index (χ0n) is 38.8. The number of amidine groups is 1. The van der Waals surface area contributed by atoms with Crippen molar-refractivity contribution >= 4 is 23.2 Å². The van der Waals surface area contributed by atoms with Gasteiger partial charge in [-0.3, -0.25) is 0 Å². The first-order valence-corrected chi connectivity index (χ1v) is 23.1. The second-order valence-corrected chi connectivity index (χ2v) is 17.3. The Labute approximate surface area is 400 Å². The summed E-state index contributed by atoms with van der Waals surface area (Å²) in [5.74, 6) is 2.92. The average molecular weight is 921 g/mol. The first kappa shape index (κ1) is 50.9. The van der Waals surface area contributed by atoms with Crippen LogP contribution in [0.4, 0.5) is 11.4 Å². The van der Waals surface area contributed by atoms with Gasteiger partial charge in [-0.05, 0) is 77.9 Å². The SMILES string of the molecule is COc1ccccc1N1CCN(c2c(C(C)C)cccc2C(C)C)C1=[N-].[CH2-]c1ccccc1.[CH2-]c1ccccc1.[Zr+3].c1ccc(CC(=NC2CCCCC2)[N-]C2CCCCC2)cc1. The molecule has 3 aliphatic rings. The van der Waals surface area contributed by atoms with Crippen LogP contribution in [0.5, 0.6) is 5.75 Å². The third-order valence-corrected chi connectivity index (χ3v) is 11.7. The van der Waals surface area contributed by atoms with Crippen molar-refractivity contribution in [1.29, 1.82) is 0 Å². The van der Waals surface area contributed by atoms with Crippen molar-refractivity contribution in [2.45, 2.75) is 122 Å². The van der Waals surface area contributed by atoms with Crippen LogP contribution in [0.15, 0.2) is 138 Å². The number of aliphatic imine (C=N–C) groups is 1. The molecular formula is C56H71N5OZr-. The summed E-state index contributed by atoms with van der Waals surface area (Å²) < 4.78 is 5.49. The third-order valence-electron chi connectivity index (χ3n) is 11.7. The number of ether oxygens (including phenoxy) is 1. The summed E-state index contributed by atoms with van der Waals surface area (Å²) in [5.41, 5.74) is 8.06. The molecule has 1 radical (unpaired) electrons. The van der Waals surface area contributed by atoms with E-state index in [9.17, 15) is 5.41 Å². The predicted molar refractivity (Wildman–Crippen MR) is 267 cm³/mol. The molecule has 8 rings (SSSR count). The normalized spacial score (nSPS) is 15.5. The summed E-state index contributed by atoms with van der Waals surface area (Å²) in [5, 5.41) is 16.2. The smallest absolute Gasteiger partial charge is 0.496 e. The van der Waals surface area contributed by atoms with Crippen LogP contribution in [0.3, 0.4) is 0 Å². The van der Waals surface area contributed by atoms with Crippen LogP contribution in [0.1, 0.15) is 132 Å². The van der Waals surface area contributed by atoms with Gasteiger partial charge in [-0.2, -0.15) is 49.2 Å². The van der Waals surface area contributed by atoms with Gasteiger partial charge < -0.3 is 30.3 Å². The van der Waals surface area contributed by atoms with Crippen LogP contribution in [-0.2, 0) is 32.6 Å². The second kappa shape index (κ2) is 27.4. The average Bonchev–Trinajstić information content (AvgIpc) is 3.68. The van der Waals surface area contributed by atoms with E-state index in [1.807, 2.05) is 89.8 Å². The first-order chi connectivity index (χ1) is 30.1. The van der Waals surface area contributed by atoms with E-state index in [0.717, 1.165) is 53.6 Å². The first-order valence-electron chi connectivity index (χ1n) is 23.1. The van der Waals surface area contributed by atoms with Gasteiger partial charge in [0.25, 0.3) is 0 Å². The van der Waals surface area contributed by atoms with Crippen LogP contribution in [0, 0.1) is 13.8 Å². The zero-order chi connectivity index (χ0) is 44.1. The minimum atomic E-state index is 0. The number of anilines is 2. The Bertz CT molecular complexity index is 1990. The van der Waals surface area contributed by atoms with Gasteiger partial charge in [0, 0.05) is 11.6 Å². The number of methoxy groups -OCH3 is 1. The molecule has 7 heteroatoms. The molecule has 0 N–H and O–H groups in total. The summed E-state index contributed by atoms with van der Waals surface area (Å²) >= 11 is 0. The molecule has 2 saturated carbocycles. The van der Waals surface area contributed by atoms with E-state index in [-0.39, 0.29) is 32.2 Å². The molecular weight excluding hydrogens is 850 g/mol. The van der Waals surface area contributed by atoms with Gasteiger partial charge in [-0.25, -0.2) is 0 Å². The molecule has 1 aliphatic heterocycles. The van der Waals surface area contributed by atoms with E-state index < -0.39 is 0 Å². The molecule has 6 nitrogen and oxygen atoms in total. The second-order valence-electron chi connectivity index (χ2n) is 17.3. The molecule has 0 atom stereocenters. The van der Waals surface area contributed by atoms with E-state index in [1.165, 1.54) is 80.9 Å². The van der Waals surface area contributed by atoms with Crippen molar-refractivity contribution in [1.82, 2.24) is 0 Å². The largest absolute Gasteiger partial charge is 3.00 e. The van der Waals surface area contributed by atoms with Gasteiger partial charge in [-0.15, -0.1) is 24.3 Å². The van der Waals surface area contributed by atoms with Crippen molar-refractivity contribution in [3.05, 3.63) is 186 Å². The topological polar surface area (TPSA) is 64.5 Å². The molecule has 5 aromatic rings. The Morgan fingerprint density at radius 2 is 1.11 bits per heavy atom. The van der Waals surface area contributed by atoms with Crippen LogP contribution < -0.4 is 14.5 Å². The molecule has 1 heterocycles. The van der Waals surface area contributed by atoms with E-state index in [2.05, 4.69) is 95.0 Å². The number of guanidine groups is 1. The Morgan fingerprint density at radius 3 is 1.60 bits per heavy atom. The fourth-order valence-corrected chi connectivity index (χ4v) is 8.36. The van der Waals surface area contributed by atoms with Crippen molar-refractivity contribution in [2.75, 3.05) is 30.0 Å². The van der Waals surface area contributed by atoms with Gasteiger partial charge in [-0.1, -0.05) is 171 Å². The summed E-state index contributed by atoms with van der Waals surface area (Å²) in [6, 6.07) is 45.8. The number of para-hydroxylation sites is 3. The van der Waals surface area contributed by atoms with Crippen LogP contribution in [-0.4, -0.2) is 44.1 Å². The van der Waals surface area contributed by atoms with Crippen molar-refractivity contribution in [3.63, 3.8) is 0 Å². The van der Waals surface area contributed by atoms with E-state index in [4.69, 9.17) is 15.0 Å². The number of hydrogen-bond donors (Lipinski definition) is 0. The van der Waals surface area contributed by atoms with Gasteiger partial charge >= 0.3 is 26.2 Å². The molecule has 3 fully saturated rings. The Hall–Kier alpha value is -4.74. The zero-order valence-corrected chi connectivity index (χ0v) is 41.2. The molecule has 63 heavy (non-hydrogen) atoms. The Kier molecular flexibility index (Phi) is 22.2. The van der Waals surface area contributed by atoms with Gasteiger partial charge in [0.15, 0.2) is 0 Å². The summed E-state index contributed by atoms with van der Waals surface area (Å²) in [7, 11) is 1.66. The molecule has 0 amide bonds. The number of hydrogen-bond acceptors (Lipinski definition) is 2. The molecule has 0 bridgehead atoms. The van der Waals surface area contributed by atoms with Gasteiger partial charge in [0.05, 0.1) is 7.11 Å². The van der Waals surface area contributed by atoms with Crippen LogP contribution in [0.25, 0.3) is 10.7 Å². The number of rotatable bonds is 9. The Morgan fingerprint density at radius 1 is 0.635 bits per heavy atom. The monoisotopic (exact) mass is 919 g/mol. The van der Waals surface area contributed by atoms with Gasteiger partial charge in [0.2, 0.25) is 0 Å². The predicted octanol–water partition coefficient (Wildman–Crippen LogP) is 14.6. The standard InChI is InChI=1S/C22H28N3O.C20H29N2.2C7H7.Zr/c1-15(2)17-9-8-10-18(16(3)4)21(17)25-14-13-24(22(25)23)19-11-6-7-12-20(19)26-5;1-4-10-17(11-5-1)16-20(21-18-12-6-2-7-13-18)22-19-14-8-3-9-15-19;2*1-7-5-3-2-4-6-7;/h6-12,15-16H,13-14H2,1-5H3;1,4-5,10-11,18-19H,2-3,6-9,12-16H2;2*2-6H,1H2;/q4*-1;+3. The molecule has 0 unspecified atom stereocenters. The van der Waals surface area contributed by atoms with Gasteiger partial charge in [0.1, 0.15) is 5.75 Å². The summed E-state index contributed by atoms with van der Waals surface area (Å²) in [6.07, 6.45) is 14.1. The quantitative estimate of drug-likeness (QED) is 0.0840. The third kappa shape index (κ3) is 16.4. The molecule has 0 aromatic heterocycles. The number of benzene rings is 5. The minimum Gasteiger partial charge on any atom is -0.496 e. The van der Waals surface area contributed by atoms with Crippen molar-refractivity contribution in [2.24, 2.45) is 4.99 Å². The maximum absolute atomic E-state index is 11.1.